The van der Waals surface area contributed by atoms with Crippen LogP contribution in [0.1, 0.15) is 80.7 Å². The maximum atomic E-state index is 15.8. The summed E-state index contributed by atoms with van der Waals surface area (Å²) in [5.41, 5.74) is 1.60. The third-order valence-electron chi connectivity index (χ3n) is 13.4. The molecule has 14 heteroatoms. The minimum absolute atomic E-state index is 0.0210. The Morgan fingerprint density at radius 1 is 0.894 bits per heavy atom. The largest absolute Gasteiger partial charge is 0.508 e. The Morgan fingerprint density at radius 2 is 1.55 bits per heavy atom. The number of fused-ring (bicyclic) bond motifs is 4. The van der Waals surface area contributed by atoms with E-state index in [9.17, 15) is 24.6 Å². The van der Waals surface area contributed by atoms with Crippen molar-refractivity contribution in [2.24, 2.45) is 5.41 Å². The average molecular weight is 900 g/mol. The number of ether oxygens (including phenoxy) is 4. The van der Waals surface area contributed by atoms with Crippen LogP contribution in [-0.4, -0.2) is 105 Å². The van der Waals surface area contributed by atoms with Crippen LogP contribution in [0.2, 0.25) is 0 Å². The van der Waals surface area contributed by atoms with E-state index in [4.69, 9.17) is 23.8 Å². The van der Waals surface area contributed by atoms with Gasteiger partial charge in [0.1, 0.15) is 47.2 Å². The molecule has 8 atom stereocenters. The Morgan fingerprint density at radius 3 is 2.23 bits per heavy atom. The number of hydroxylamine groups is 2. The van der Waals surface area contributed by atoms with Crippen molar-refractivity contribution in [1.29, 1.82) is 0 Å². The van der Waals surface area contributed by atoms with E-state index in [-0.39, 0.29) is 38.1 Å². The summed E-state index contributed by atoms with van der Waals surface area (Å²) in [6, 6.07) is 31.0. The maximum absolute atomic E-state index is 15.8. The number of carbonyl (C=O) groups excluding carboxylic acids is 4. The molecule has 346 valence electrons. The highest BCUT2D eigenvalue weighted by Gasteiger charge is 2.77. The van der Waals surface area contributed by atoms with Crippen LogP contribution >= 0.6 is 0 Å². The van der Waals surface area contributed by atoms with Crippen LogP contribution in [0.25, 0.3) is 6.08 Å². The Kier molecular flexibility index (Phi) is 12.6. The molecule has 0 spiro atoms. The molecule has 5 aliphatic rings. The van der Waals surface area contributed by atoms with Gasteiger partial charge < -0.3 is 39.4 Å². The highest BCUT2D eigenvalue weighted by Crippen LogP contribution is 2.60. The normalized spacial score (nSPS) is 27.0. The molecular weight excluding hydrogens is 843 g/mol. The number of hydrogen-bond donors (Lipinski definition) is 3. The van der Waals surface area contributed by atoms with E-state index >= 15 is 4.79 Å². The van der Waals surface area contributed by atoms with E-state index in [0.717, 1.165) is 16.7 Å². The van der Waals surface area contributed by atoms with E-state index in [1.54, 1.807) is 42.9 Å². The van der Waals surface area contributed by atoms with Crippen molar-refractivity contribution in [1.82, 2.24) is 15.3 Å². The molecule has 4 aromatic carbocycles. The lowest BCUT2D eigenvalue weighted by Gasteiger charge is -2.50. The smallest absolute Gasteiger partial charge is 0.327 e. The molecule has 9 rings (SSSR count). The number of aromatic hydroxyl groups is 1. The zero-order valence-electron chi connectivity index (χ0n) is 37.4. The molecule has 0 radical (unpaired) electrons. The van der Waals surface area contributed by atoms with E-state index in [0.29, 0.717) is 30.4 Å². The highest BCUT2D eigenvalue weighted by molar-refractivity contribution is 5.96. The Hall–Kier alpha value is -5.90. The number of likely N-dealkylation sites (tertiary alicyclic amines) is 1. The number of para-hydroxylation sites is 1. The van der Waals surface area contributed by atoms with Gasteiger partial charge in [0.2, 0.25) is 17.6 Å². The molecular formula is C52H57N3O11. The minimum atomic E-state index is -1.57. The second-order valence-corrected chi connectivity index (χ2v) is 18.8. The van der Waals surface area contributed by atoms with Crippen LogP contribution in [0, 0.1) is 5.41 Å². The van der Waals surface area contributed by atoms with E-state index in [1.807, 2.05) is 109 Å². The molecule has 5 fully saturated rings. The van der Waals surface area contributed by atoms with Crippen molar-refractivity contribution in [2.45, 2.75) is 120 Å². The van der Waals surface area contributed by atoms with Gasteiger partial charge in [0, 0.05) is 30.5 Å². The molecule has 4 aromatic rings. The van der Waals surface area contributed by atoms with Crippen molar-refractivity contribution >= 4 is 29.8 Å². The number of hydrogen-bond acceptors (Lipinski definition) is 12. The van der Waals surface area contributed by atoms with Crippen molar-refractivity contribution in [2.75, 3.05) is 13.2 Å². The average Bonchev–Trinajstić information content (AvgIpc) is 4.06. The van der Waals surface area contributed by atoms with Crippen LogP contribution in [0.3, 0.4) is 0 Å². The molecule has 1 aliphatic carbocycles. The van der Waals surface area contributed by atoms with E-state index in [2.05, 4.69) is 5.32 Å². The second kappa shape index (κ2) is 18.4. The molecule has 14 nitrogen and oxygen atoms in total. The first-order chi connectivity index (χ1) is 31.8. The fourth-order valence-corrected chi connectivity index (χ4v) is 10.4. The molecule has 4 heterocycles. The number of phenols is 1. The summed E-state index contributed by atoms with van der Waals surface area (Å²) >= 11 is 0. The summed E-state index contributed by atoms with van der Waals surface area (Å²) in [6.45, 7) is 5.22. The fourth-order valence-electron chi connectivity index (χ4n) is 10.4. The van der Waals surface area contributed by atoms with Crippen LogP contribution in [0.5, 0.6) is 5.75 Å². The first kappa shape index (κ1) is 45.3. The van der Waals surface area contributed by atoms with Gasteiger partial charge in [-0.3, -0.25) is 24.0 Å². The van der Waals surface area contributed by atoms with Gasteiger partial charge in [-0.05, 0) is 69.2 Å². The number of amides is 2. The van der Waals surface area contributed by atoms with Gasteiger partial charge in [0.05, 0.1) is 19.2 Å². The number of benzene rings is 4. The highest BCUT2D eigenvalue weighted by atomic mass is 16.8. The van der Waals surface area contributed by atoms with Gasteiger partial charge in [0.25, 0.3) is 0 Å². The number of phenolic OH excluding ortho intramolecular Hbond substituents is 1. The summed E-state index contributed by atoms with van der Waals surface area (Å²) in [5, 5.41) is 25.1. The molecule has 66 heavy (non-hydrogen) atoms. The zero-order chi connectivity index (χ0) is 46.2. The van der Waals surface area contributed by atoms with Crippen LogP contribution in [0.4, 0.5) is 0 Å². The summed E-state index contributed by atoms with van der Waals surface area (Å²) in [5.74, 6) is -3.23. The molecule has 2 amide bonds. The third-order valence-corrected chi connectivity index (χ3v) is 13.4. The number of nitrogens with zero attached hydrogens (tertiary/aromatic N) is 2. The summed E-state index contributed by atoms with van der Waals surface area (Å²) in [6.07, 6.45) is 1.74. The lowest BCUT2D eigenvalue weighted by Crippen LogP contribution is -2.70. The van der Waals surface area contributed by atoms with Crippen molar-refractivity contribution < 1.29 is 53.2 Å². The van der Waals surface area contributed by atoms with Crippen molar-refractivity contribution in [3.05, 3.63) is 143 Å². The summed E-state index contributed by atoms with van der Waals surface area (Å²) in [4.78, 5) is 65.8. The van der Waals surface area contributed by atoms with Crippen LogP contribution in [0.15, 0.2) is 115 Å². The quantitative estimate of drug-likeness (QED) is 0.132. The molecule has 3 N–H and O–H groups in total. The number of allylic oxidation sites excluding steroid dienone is 1. The first-order valence-corrected chi connectivity index (χ1v) is 22.9. The SMILES string of the molecule is CC(C)(C)OC(=O)CCC(CO)NC(=O)C1CCCN1C(=O)C12CC3OC(=O)C1N(Cc1ccccc1C=CCc1ccccc1O)OC2C1OC(c2ccccc2)(c2ccccc2)OC31. The molecule has 8 unspecified atom stereocenters. The first-order valence-electron chi connectivity index (χ1n) is 22.9. The molecule has 4 saturated heterocycles. The number of esters is 2. The number of nitrogens with one attached hydrogen (secondary N) is 1. The van der Waals surface area contributed by atoms with Crippen molar-refractivity contribution in [3.63, 3.8) is 0 Å². The zero-order valence-corrected chi connectivity index (χ0v) is 37.4. The maximum Gasteiger partial charge on any atom is 0.327 e. The predicted molar refractivity (Wildman–Crippen MR) is 241 cm³/mol. The minimum Gasteiger partial charge on any atom is -0.508 e. The monoisotopic (exact) mass is 899 g/mol. The molecule has 2 bridgehead atoms. The van der Waals surface area contributed by atoms with Gasteiger partial charge in [-0.1, -0.05) is 115 Å². The predicted octanol–water partition coefficient (Wildman–Crippen LogP) is 5.72. The van der Waals surface area contributed by atoms with Gasteiger partial charge in [-0.15, -0.1) is 0 Å². The lowest BCUT2D eigenvalue weighted by atomic mass is 9.62. The Balaban J connectivity index is 1.06. The molecule has 4 aliphatic heterocycles. The number of carbonyl (C=O) groups is 4. The number of rotatable bonds is 14. The van der Waals surface area contributed by atoms with Gasteiger partial charge in [-0.2, -0.15) is 5.06 Å². The molecule has 1 saturated carbocycles. The lowest BCUT2D eigenvalue weighted by molar-refractivity contribution is -0.214. The number of aliphatic hydroxyl groups is 1. The van der Waals surface area contributed by atoms with Crippen LogP contribution < -0.4 is 5.32 Å². The number of aliphatic hydroxyl groups excluding tert-OH is 1. The van der Waals surface area contributed by atoms with Gasteiger partial charge in [-0.25, -0.2) is 0 Å². The van der Waals surface area contributed by atoms with Crippen molar-refractivity contribution in [3.8, 4) is 5.75 Å². The topological polar surface area (TPSA) is 173 Å². The Labute approximate surface area is 384 Å². The van der Waals surface area contributed by atoms with E-state index in [1.165, 1.54) is 0 Å². The molecule has 0 aromatic heterocycles. The Bertz CT molecular complexity index is 2420. The standard InChI is InChI=1S/C52H57N3O11/c1-50(2,3)63-42(58)28-27-38(32-56)53-47(59)39-25-15-29-54(39)49(61)51-30-41-43-44(65-52(64-43,36-21-6-4-7-22-36)37-23-8-5-9-24-37)46(51)66-55(45(51)48(60)62-41)31-35-18-11-10-16-33(35)19-14-20-34-17-12-13-26-40(34)57/h4-14,16-19,21-24,26,38-39,41,43-46,56-57H,15,20,25,27-32H2,1-3H3,(H,53,59). The van der Waals surface area contributed by atoms with Gasteiger partial charge >= 0.3 is 11.9 Å². The van der Waals surface area contributed by atoms with E-state index < -0.39 is 89.7 Å². The summed E-state index contributed by atoms with van der Waals surface area (Å²) < 4.78 is 26.0. The van der Waals surface area contributed by atoms with Gasteiger partial charge in [0.15, 0.2) is 6.04 Å². The summed E-state index contributed by atoms with van der Waals surface area (Å²) in [7, 11) is 0. The second-order valence-electron chi connectivity index (χ2n) is 18.8. The van der Waals surface area contributed by atoms with Crippen LogP contribution in [-0.2, 0) is 61.7 Å². The third kappa shape index (κ3) is 8.52. The fraction of sp³-hybridized carbons (Fsp3) is 0.423.